The number of hydrogen-bond donors (Lipinski definition) is 0. The predicted octanol–water partition coefficient (Wildman–Crippen LogP) is 11.0. The van der Waals surface area contributed by atoms with E-state index < -0.39 is 0 Å². The predicted molar refractivity (Wildman–Crippen MR) is 195 cm³/mol. The second kappa shape index (κ2) is 10.5. The molecule has 5 heteroatoms. The van der Waals surface area contributed by atoms with Crippen molar-refractivity contribution < 1.29 is 4.42 Å². The van der Waals surface area contributed by atoms with E-state index in [1.54, 1.807) is 0 Å². The van der Waals surface area contributed by atoms with Gasteiger partial charge in [0.05, 0.1) is 11.2 Å². The van der Waals surface area contributed by atoms with E-state index >= 15 is 0 Å². The zero-order chi connectivity index (χ0) is 31.6. The molecule has 0 spiro atoms. The van der Waals surface area contributed by atoms with Gasteiger partial charge in [-0.2, -0.15) is 0 Å². The number of pyridine rings is 3. The van der Waals surface area contributed by atoms with Crippen molar-refractivity contribution in [1.29, 1.82) is 0 Å². The minimum absolute atomic E-state index is 0.810. The molecule has 0 radical (unpaired) electrons. The van der Waals surface area contributed by atoms with Crippen LogP contribution in [0.3, 0.4) is 0 Å². The first-order valence-electron chi connectivity index (χ1n) is 16.0. The van der Waals surface area contributed by atoms with Crippen LogP contribution in [0.1, 0.15) is 0 Å². The molecule has 0 aliphatic heterocycles. The van der Waals surface area contributed by atoms with Crippen LogP contribution in [0.5, 0.6) is 0 Å². The average molecular weight is 615 g/mol. The first-order chi connectivity index (χ1) is 23.8. The Kier molecular flexibility index (Phi) is 5.81. The number of hydrogen-bond acceptors (Lipinski definition) is 4. The van der Waals surface area contributed by atoms with Gasteiger partial charge >= 0.3 is 0 Å². The molecule has 10 rings (SSSR count). The molecular formula is C43H26N4O. The second-order valence-corrected chi connectivity index (χ2v) is 12.1. The summed E-state index contributed by atoms with van der Waals surface area (Å²) in [6.07, 6.45) is 5.71. The highest BCUT2D eigenvalue weighted by molar-refractivity contribution is 6.20. The van der Waals surface area contributed by atoms with Gasteiger partial charge in [0, 0.05) is 56.5 Å². The Morgan fingerprint density at radius 1 is 0.500 bits per heavy atom. The highest BCUT2D eigenvalue weighted by Crippen LogP contribution is 2.39. The van der Waals surface area contributed by atoms with Crippen LogP contribution in [0.15, 0.2) is 163 Å². The van der Waals surface area contributed by atoms with E-state index in [0.717, 1.165) is 94.0 Å². The quantitative estimate of drug-likeness (QED) is 0.198. The Morgan fingerprint density at radius 2 is 1.23 bits per heavy atom. The Balaban J connectivity index is 1.26. The summed E-state index contributed by atoms with van der Waals surface area (Å²) in [4.78, 5) is 14.9. The molecule has 0 aliphatic carbocycles. The highest BCUT2D eigenvalue weighted by atomic mass is 16.3. The lowest BCUT2D eigenvalue weighted by molar-refractivity contribution is 0.669. The van der Waals surface area contributed by atoms with Crippen molar-refractivity contribution in [3.05, 3.63) is 158 Å². The van der Waals surface area contributed by atoms with Crippen molar-refractivity contribution in [3.8, 4) is 39.3 Å². The molecule has 5 nitrogen and oxygen atoms in total. The maximum Gasteiger partial charge on any atom is 0.147 e. The Bertz CT molecular complexity index is 2780. The Hall–Kier alpha value is -6.59. The molecule has 0 bridgehead atoms. The summed E-state index contributed by atoms with van der Waals surface area (Å²) in [5.74, 6) is 0.810. The van der Waals surface area contributed by atoms with Crippen molar-refractivity contribution in [1.82, 2.24) is 19.5 Å². The zero-order valence-electron chi connectivity index (χ0n) is 25.7. The van der Waals surface area contributed by atoms with Gasteiger partial charge in [-0.1, -0.05) is 91.0 Å². The van der Waals surface area contributed by atoms with Crippen LogP contribution >= 0.6 is 0 Å². The third-order valence-corrected chi connectivity index (χ3v) is 9.32. The largest absolute Gasteiger partial charge is 0.456 e. The average Bonchev–Trinajstić information content (AvgIpc) is 3.70. The van der Waals surface area contributed by atoms with Gasteiger partial charge in [-0.05, 0) is 70.8 Å². The topological polar surface area (TPSA) is 56.7 Å². The van der Waals surface area contributed by atoms with E-state index in [1.807, 2.05) is 48.9 Å². The molecule has 0 unspecified atom stereocenters. The monoisotopic (exact) mass is 614 g/mol. The van der Waals surface area contributed by atoms with E-state index in [0.29, 0.717) is 0 Å². The smallest absolute Gasteiger partial charge is 0.147 e. The number of furan rings is 1. The number of aromatic nitrogens is 4. The molecule has 0 N–H and O–H groups in total. The maximum atomic E-state index is 6.13. The van der Waals surface area contributed by atoms with E-state index in [4.69, 9.17) is 14.4 Å². The van der Waals surface area contributed by atoms with Crippen molar-refractivity contribution in [2.24, 2.45) is 0 Å². The maximum absolute atomic E-state index is 6.13. The van der Waals surface area contributed by atoms with Crippen molar-refractivity contribution in [2.45, 2.75) is 0 Å². The molecule has 5 aromatic heterocycles. The fourth-order valence-corrected chi connectivity index (χ4v) is 7.02. The lowest BCUT2D eigenvalue weighted by Crippen LogP contribution is -2.01. The third-order valence-electron chi connectivity index (χ3n) is 9.32. The number of benzene rings is 5. The minimum Gasteiger partial charge on any atom is -0.456 e. The Labute approximate surface area is 275 Å². The Morgan fingerprint density at radius 3 is 2.08 bits per heavy atom. The summed E-state index contributed by atoms with van der Waals surface area (Å²) in [5.41, 5.74) is 10.1. The van der Waals surface area contributed by atoms with E-state index in [1.165, 1.54) is 0 Å². The van der Waals surface area contributed by atoms with Crippen LogP contribution in [0.25, 0.3) is 94.0 Å². The lowest BCUT2D eigenvalue weighted by atomic mass is 10.00. The van der Waals surface area contributed by atoms with Crippen LogP contribution in [0.2, 0.25) is 0 Å². The fourth-order valence-electron chi connectivity index (χ4n) is 7.02. The second-order valence-electron chi connectivity index (χ2n) is 12.1. The van der Waals surface area contributed by atoms with Gasteiger partial charge in [-0.15, -0.1) is 0 Å². The van der Waals surface area contributed by atoms with Crippen LogP contribution in [-0.4, -0.2) is 19.5 Å². The van der Waals surface area contributed by atoms with Crippen molar-refractivity contribution in [3.63, 3.8) is 0 Å². The summed E-state index contributed by atoms with van der Waals surface area (Å²) >= 11 is 0. The molecule has 5 aromatic carbocycles. The van der Waals surface area contributed by atoms with E-state index in [-0.39, 0.29) is 0 Å². The summed E-state index contributed by atoms with van der Waals surface area (Å²) in [5, 5.41) is 6.48. The van der Waals surface area contributed by atoms with Crippen molar-refractivity contribution >= 4 is 54.6 Å². The molecule has 48 heavy (non-hydrogen) atoms. The lowest BCUT2D eigenvalue weighted by Gasteiger charge is -2.13. The highest BCUT2D eigenvalue weighted by Gasteiger charge is 2.20. The number of para-hydroxylation sites is 1. The van der Waals surface area contributed by atoms with Crippen LogP contribution < -0.4 is 0 Å². The summed E-state index contributed by atoms with van der Waals surface area (Å²) in [6.45, 7) is 0. The number of fused-ring (bicyclic) bond motifs is 8. The molecule has 0 saturated heterocycles. The van der Waals surface area contributed by atoms with Crippen LogP contribution in [0.4, 0.5) is 0 Å². The SMILES string of the molecule is c1ccc(-c2cc(-c3ccccc3)nc(-n3c4ccc(-c5ccc6oc7ccccc7c6c5)cc4c4c5cnccc5cnc43)c2)cc1. The van der Waals surface area contributed by atoms with Crippen LogP contribution in [0, 0.1) is 0 Å². The van der Waals surface area contributed by atoms with Gasteiger partial charge in [-0.25, -0.2) is 9.97 Å². The standard InChI is InChI=1S/C43H26N4O/c1-3-9-27(10-4-1)32-23-37(28-11-5-2-6-12-28)46-41(24-32)47-38-17-15-29(22-35(38)42-36-26-44-20-19-31(36)25-45-43(42)47)30-16-18-40-34(21-30)33-13-7-8-14-39(33)48-40/h1-26H. The first-order valence-corrected chi connectivity index (χ1v) is 16.0. The fraction of sp³-hybridized carbons (Fsp3) is 0. The van der Waals surface area contributed by atoms with Crippen molar-refractivity contribution in [2.75, 3.05) is 0 Å². The number of rotatable bonds is 4. The molecular weight excluding hydrogens is 589 g/mol. The van der Waals surface area contributed by atoms with Crippen LogP contribution in [-0.2, 0) is 0 Å². The molecule has 0 fully saturated rings. The van der Waals surface area contributed by atoms with E-state index in [9.17, 15) is 0 Å². The molecule has 5 heterocycles. The van der Waals surface area contributed by atoms with Gasteiger partial charge in [0.2, 0.25) is 0 Å². The summed E-state index contributed by atoms with van der Waals surface area (Å²) < 4.78 is 8.33. The van der Waals surface area contributed by atoms with Gasteiger partial charge in [-0.3, -0.25) is 9.55 Å². The third kappa shape index (κ3) is 4.15. The molecule has 0 saturated carbocycles. The number of nitrogens with zero attached hydrogens (tertiary/aromatic N) is 4. The van der Waals surface area contributed by atoms with Gasteiger partial charge in [0.1, 0.15) is 22.6 Å². The van der Waals surface area contributed by atoms with Gasteiger partial charge in [0.15, 0.2) is 0 Å². The molecule has 224 valence electrons. The van der Waals surface area contributed by atoms with E-state index in [2.05, 4.69) is 119 Å². The minimum atomic E-state index is 0.810. The van der Waals surface area contributed by atoms with Gasteiger partial charge < -0.3 is 4.42 Å². The molecule has 0 aliphatic rings. The zero-order valence-corrected chi connectivity index (χ0v) is 25.7. The normalized spacial score (nSPS) is 11.8. The summed E-state index contributed by atoms with van der Waals surface area (Å²) in [6, 6.07) is 48.5. The first kappa shape index (κ1) is 26.6. The van der Waals surface area contributed by atoms with Gasteiger partial charge in [0.25, 0.3) is 0 Å². The molecule has 0 atom stereocenters. The summed E-state index contributed by atoms with van der Waals surface area (Å²) in [7, 11) is 0. The molecule has 10 aromatic rings. The molecule has 0 amide bonds.